The highest BCUT2D eigenvalue weighted by atomic mass is 35.5. The Balaban J connectivity index is 2.08. The van der Waals surface area contributed by atoms with E-state index in [0.29, 0.717) is 10.9 Å². The third-order valence-corrected chi connectivity index (χ3v) is 4.44. The summed E-state index contributed by atoms with van der Waals surface area (Å²) in [6.07, 6.45) is 2.38. The molecule has 0 aliphatic carbocycles. The maximum Gasteiger partial charge on any atom is 0.160 e. The van der Waals surface area contributed by atoms with Crippen LogP contribution in [0.5, 0.6) is 0 Å². The first-order chi connectivity index (χ1) is 9.67. The zero-order chi connectivity index (χ0) is 14.1. The third-order valence-electron chi connectivity index (χ3n) is 3.06. The zero-order valence-corrected chi connectivity index (χ0v) is 13.3. The van der Waals surface area contributed by atoms with Crippen LogP contribution in [0.2, 0.25) is 5.02 Å². The minimum Gasteiger partial charge on any atom is -0.307 e. The summed E-state index contributed by atoms with van der Waals surface area (Å²) in [5, 5.41) is 0.603. The molecule has 0 spiro atoms. The van der Waals surface area contributed by atoms with E-state index in [1.165, 1.54) is 9.75 Å². The number of imidazole rings is 1. The average molecular weight is 326 g/mol. The summed E-state index contributed by atoms with van der Waals surface area (Å²) in [6.45, 7) is 2.88. The zero-order valence-electron chi connectivity index (χ0n) is 10.9. The molecular weight excluding hydrogens is 313 g/mol. The molecule has 3 aromatic rings. The van der Waals surface area contributed by atoms with E-state index in [4.69, 9.17) is 23.2 Å². The molecule has 0 bridgehead atoms. The Labute approximate surface area is 131 Å². The number of pyridine rings is 1. The molecule has 0 radical (unpaired) electrons. The smallest absolute Gasteiger partial charge is 0.160 e. The third kappa shape index (κ3) is 2.68. The molecule has 0 saturated heterocycles. The van der Waals surface area contributed by atoms with Gasteiger partial charge in [0.25, 0.3) is 0 Å². The van der Waals surface area contributed by atoms with Crippen LogP contribution < -0.4 is 0 Å². The summed E-state index contributed by atoms with van der Waals surface area (Å²) in [6, 6.07) is 6.12. The molecular formula is C14H13Cl2N3S. The van der Waals surface area contributed by atoms with E-state index in [1.807, 2.05) is 6.07 Å². The topological polar surface area (TPSA) is 30.7 Å². The Morgan fingerprint density at radius 2 is 2.20 bits per heavy atom. The van der Waals surface area contributed by atoms with Crippen LogP contribution in [0.3, 0.4) is 0 Å². The molecule has 3 nitrogen and oxygen atoms in total. The van der Waals surface area contributed by atoms with Crippen molar-refractivity contribution in [2.75, 3.05) is 5.88 Å². The van der Waals surface area contributed by atoms with E-state index < -0.39 is 0 Å². The van der Waals surface area contributed by atoms with Gasteiger partial charge in [-0.25, -0.2) is 9.97 Å². The van der Waals surface area contributed by atoms with Crippen LogP contribution in [0.25, 0.3) is 11.2 Å². The van der Waals surface area contributed by atoms with Crippen LogP contribution in [0, 0.1) is 6.92 Å². The number of alkyl halides is 1. The van der Waals surface area contributed by atoms with Crippen LogP contribution in [0.4, 0.5) is 0 Å². The molecule has 3 heterocycles. The van der Waals surface area contributed by atoms with Crippen molar-refractivity contribution in [1.29, 1.82) is 0 Å². The second-order valence-electron chi connectivity index (χ2n) is 4.56. The minimum absolute atomic E-state index is 0.542. The highest BCUT2D eigenvalue weighted by Crippen LogP contribution is 2.22. The second kappa shape index (κ2) is 5.72. The van der Waals surface area contributed by atoms with E-state index >= 15 is 0 Å². The highest BCUT2D eigenvalue weighted by molar-refractivity contribution is 7.11. The monoisotopic (exact) mass is 325 g/mol. The van der Waals surface area contributed by atoms with Gasteiger partial charge in [-0.15, -0.1) is 22.9 Å². The second-order valence-corrected chi connectivity index (χ2v) is 6.75. The van der Waals surface area contributed by atoms with E-state index in [2.05, 4.69) is 33.6 Å². The number of thiophene rings is 1. The summed E-state index contributed by atoms with van der Waals surface area (Å²) in [5.74, 6) is 1.50. The quantitative estimate of drug-likeness (QED) is 0.670. The van der Waals surface area contributed by atoms with E-state index in [0.717, 1.165) is 30.0 Å². The summed E-state index contributed by atoms with van der Waals surface area (Å²) in [7, 11) is 0. The highest BCUT2D eigenvalue weighted by Gasteiger charge is 2.13. The van der Waals surface area contributed by atoms with Gasteiger partial charge in [-0.05, 0) is 25.1 Å². The molecule has 0 N–H and O–H groups in total. The molecule has 0 aliphatic rings. The van der Waals surface area contributed by atoms with Crippen molar-refractivity contribution in [1.82, 2.24) is 14.5 Å². The number of aromatic nitrogens is 3. The van der Waals surface area contributed by atoms with Crippen molar-refractivity contribution < 1.29 is 0 Å². The van der Waals surface area contributed by atoms with Crippen molar-refractivity contribution in [3.63, 3.8) is 0 Å². The summed E-state index contributed by atoms with van der Waals surface area (Å²) < 4.78 is 2.12. The SMILES string of the molecule is Cc1ccc(Cn2c(CCCl)nc3cc(Cl)cnc32)s1. The molecule has 0 unspecified atom stereocenters. The van der Waals surface area contributed by atoms with Gasteiger partial charge in [0, 0.05) is 28.3 Å². The normalized spacial score (nSPS) is 11.3. The van der Waals surface area contributed by atoms with Crippen molar-refractivity contribution >= 4 is 45.7 Å². The Kier molecular flexibility index (Phi) is 3.96. The van der Waals surface area contributed by atoms with Crippen molar-refractivity contribution in [2.24, 2.45) is 0 Å². The Morgan fingerprint density at radius 3 is 2.90 bits per heavy atom. The lowest BCUT2D eigenvalue weighted by molar-refractivity contribution is 0.756. The van der Waals surface area contributed by atoms with Gasteiger partial charge in [0.05, 0.1) is 11.6 Å². The van der Waals surface area contributed by atoms with Gasteiger partial charge in [-0.3, -0.25) is 0 Å². The lowest BCUT2D eigenvalue weighted by Crippen LogP contribution is -2.05. The number of hydrogen-bond acceptors (Lipinski definition) is 3. The molecule has 0 aliphatic heterocycles. The van der Waals surface area contributed by atoms with Crippen molar-refractivity contribution in [3.05, 3.63) is 45.0 Å². The van der Waals surface area contributed by atoms with Gasteiger partial charge in [-0.1, -0.05) is 11.6 Å². The van der Waals surface area contributed by atoms with Crippen LogP contribution in [0.1, 0.15) is 15.6 Å². The molecule has 3 rings (SSSR count). The van der Waals surface area contributed by atoms with Crippen LogP contribution in [-0.2, 0) is 13.0 Å². The molecule has 104 valence electrons. The number of halogens is 2. The number of fused-ring (bicyclic) bond motifs is 1. The lowest BCUT2D eigenvalue weighted by atomic mass is 10.4. The molecule has 20 heavy (non-hydrogen) atoms. The largest absolute Gasteiger partial charge is 0.307 e. The summed E-state index contributed by atoms with van der Waals surface area (Å²) in [4.78, 5) is 11.6. The number of aryl methyl sites for hydroxylation is 2. The van der Waals surface area contributed by atoms with Gasteiger partial charge in [-0.2, -0.15) is 0 Å². The maximum atomic E-state index is 5.99. The molecule has 0 fully saturated rings. The lowest BCUT2D eigenvalue weighted by Gasteiger charge is -2.06. The first-order valence-corrected chi connectivity index (χ1v) is 8.02. The first kappa shape index (κ1) is 13.9. The van der Waals surface area contributed by atoms with Gasteiger partial charge >= 0.3 is 0 Å². The summed E-state index contributed by atoms with van der Waals surface area (Å²) in [5.41, 5.74) is 1.69. The van der Waals surface area contributed by atoms with E-state index in [9.17, 15) is 0 Å². The average Bonchev–Trinajstić information content (AvgIpc) is 2.95. The molecule has 0 atom stereocenters. The minimum atomic E-state index is 0.542. The fourth-order valence-corrected chi connectivity index (χ4v) is 3.40. The van der Waals surface area contributed by atoms with Gasteiger partial charge in [0.15, 0.2) is 5.65 Å². The Morgan fingerprint density at radius 1 is 1.35 bits per heavy atom. The van der Waals surface area contributed by atoms with E-state index in [1.54, 1.807) is 17.5 Å². The fraction of sp³-hybridized carbons (Fsp3) is 0.286. The van der Waals surface area contributed by atoms with Crippen LogP contribution in [-0.4, -0.2) is 20.4 Å². The van der Waals surface area contributed by atoms with Crippen LogP contribution >= 0.6 is 34.5 Å². The van der Waals surface area contributed by atoms with Crippen molar-refractivity contribution in [2.45, 2.75) is 19.9 Å². The molecule has 0 saturated carbocycles. The standard InChI is InChI=1S/C14H13Cl2N3S/c1-9-2-3-11(20-9)8-19-13(4-5-15)18-12-6-10(16)7-17-14(12)19/h2-3,6-7H,4-5,8H2,1H3. The Bertz CT molecular complexity index is 748. The number of hydrogen-bond donors (Lipinski definition) is 0. The summed E-state index contributed by atoms with van der Waals surface area (Å²) >= 11 is 13.7. The molecule has 3 aromatic heterocycles. The predicted molar refractivity (Wildman–Crippen MR) is 85.1 cm³/mol. The fourth-order valence-electron chi connectivity index (χ4n) is 2.20. The Hall–Kier alpha value is -1.10. The maximum absolute atomic E-state index is 5.99. The van der Waals surface area contributed by atoms with Gasteiger partial charge in [0.2, 0.25) is 0 Å². The number of nitrogens with zero attached hydrogens (tertiary/aromatic N) is 3. The van der Waals surface area contributed by atoms with Gasteiger partial charge in [0.1, 0.15) is 11.3 Å². The van der Waals surface area contributed by atoms with E-state index in [-0.39, 0.29) is 0 Å². The molecule has 0 amide bonds. The predicted octanol–water partition coefficient (Wildman–Crippen LogP) is 4.28. The van der Waals surface area contributed by atoms with Gasteiger partial charge < -0.3 is 4.57 Å². The van der Waals surface area contributed by atoms with Crippen LogP contribution in [0.15, 0.2) is 24.4 Å². The number of rotatable bonds is 4. The first-order valence-electron chi connectivity index (χ1n) is 6.29. The van der Waals surface area contributed by atoms with Crippen molar-refractivity contribution in [3.8, 4) is 0 Å². The molecule has 0 aromatic carbocycles. The molecule has 6 heteroatoms.